The molecule has 1 aromatic heterocycles. The Labute approximate surface area is 206 Å². The summed E-state index contributed by atoms with van der Waals surface area (Å²) in [7, 11) is 1.97. The van der Waals surface area contributed by atoms with E-state index in [9.17, 15) is 5.11 Å². The highest BCUT2D eigenvalue weighted by molar-refractivity contribution is 5.68. The van der Waals surface area contributed by atoms with Crippen molar-refractivity contribution in [3.05, 3.63) is 59.8 Å². The SMILES string of the molecule is Cc1ccc(CO)cc1N(C)c1ccnc(Nc2cc(OCC3CC3)cc(N3CCOCC3)c2)n1. The van der Waals surface area contributed by atoms with E-state index < -0.39 is 0 Å². The third kappa shape index (κ3) is 5.83. The molecule has 0 radical (unpaired) electrons. The van der Waals surface area contributed by atoms with Crippen LogP contribution in [0.5, 0.6) is 5.75 Å². The Morgan fingerprint density at radius 2 is 1.97 bits per heavy atom. The van der Waals surface area contributed by atoms with Crippen LogP contribution in [0.4, 0.5) is 28.8 Å². The number of anilines is 5. The zero-order valence-corrected chi connectivity index (χ0v) is 20.4. The van der Waals surface area contributed by atoms with Gasteiger partial charge in [0.05, 0.1) is 26.4 Å². The van der Waals surface area contributed by atoms with E-state index in [4.69, 9.17) is 14.5 Å². The summed E-state index contributed by atoms with van der Waals surface area (Å²) in [6.45, 7) is 5.97. The van der Waals surface area contributed by atoms with Crippen LogP contribution in [0.2, 0.25) is 0 Å². The molecule has 8 heteroatoms. The standard InChI is InChI=1S/C27H33N5O3/c1-19-3-4-21(17-33)13-25(19)31(2)26-7-8-28-27(30-26)29-22-14-23(32-9-11-34-12-10-32)16-24(15-22)35-18-20-5-6-20/h3-4,7-8,13-16,20,33H,5-6,9-12,17-18H2,1-2H3,(H,28,29,30). The number of hydrogen-bond donors (Lipinski definition) is 2. The molecule has 0 atom stereocenters. The largest absolute Gasteiger partial charge is 0.493 e. The Hall–Kier alpha value is -3.36. The molecule has 0 spiro atoms. The van der Waals surface area contributed by atoms with Gasteiger partial charge in [-0.15, -0.1) is 0 Å². The fourth-order valence-corrected chi connectivity index (χ4v) is 4.20. The smallest absolute Gasteiger partial charge is 0.229 e. The van der Waals surface area contributed by atoms with E-state index in [1.54, 1.807) is 6.20 Å². The molecule has 35 heavy (non-hydrogen) atoms. The van der Waals surface area contributed by atoms with Gasteiger partial charge in [-0.2, -0.15) is 4.98 Å². The van der Waals surface area contributed by atoms with Crippen molar-refractivity contribution in [1.29, 1.82) is 0 Å². The molecule has 2 heterocycles. The van der Waals surface area contributed by atoms with Crippen LogP contribution in [0.3, 0.4) is 0 Å². The summed E-state index contributed by atoms with van der Waals surface area (Å²) in [5, 5.41) is 12.9. The van der Waals surface area contributed by atoms with Gasteiger partial charge in [-0.05, 0) is 55.0 Å². The van der Waals surface area contributed by atoms with Crippen molar-refractivity contribution < 1.29 is 14.6 Å². The van der Waals surface area contributed by atoms with Gasteiger partial charge in [0.2, 0.25) is 5.95 Å². The number of aryl methyl sites for hydroxylation is 1. The normalized spacial score (nSPS) is 15.7. The Kier molecular flexibility index (Phi) is 7.01. The number of hydrogen-bond acceptors (Lipinski definition) is 8. The lowest BCUT2D eigenvalue weighted by atomic mass is 10.1. The van der Waals surface area contributed by atoms with Gasteiger partial charge in [0.1, 0.15) is 11.6 Å². The minimum absolute atomic E-state index is 0.00232. The zero-order chi connectivity index (χ0) is 24.2. The Bertz CT molecular complexity index is 1160. The molecular formula is C27H33N5O3. The molecule has 3 aromatic rings. The first-order valence-electron chi connectivity index (χ1n) is 12.2. The van der Waals surface area contributed by atoms with Crippen LogP contribution in [0.25, 0.3) is 0 Å². The topological polar surface area (TPSA) is 83.0 Å². The van der Waals surface area contributed by atoms with Gasteiger partial charge < -0.3 is 29.7 Å². The zero-order valence-electron chi connectivity index (χ0n) is 20.4. The highest BCUT2D eigenvalue weighted by Gasteiger charge is 2.22. The van der Waals surface area contributed by atoms with E-state index in [1.165, 1.54) is 12.8 Å². The van der Waals surface area contributed by atoms with Crippen molar-refractivity contribution in [3.63, 3.8) is 0 Å². The summed E-state index contributed by atoms with van der Waals surface area (Å²) in [5.74, 6) is 2.81. The monoisotopic (exact) mass is 475 g/mol. The fraction of sp³-hybridized carbons (Fsp3) is 0.407. The Morgan fingerprint density at radius 1 is 1.14 bits per heavy atom. The summed E-state index contributed by atoms with van der Waals surface area (Å²) < 4.78 is 11.7. The van der Waals surface area contributed by atoms with Gasteiger partial charge in [0.25, 0.3) is 0 Å². The van der Waals surface area contributed by atoms with E-state index in [1.807, 2.05) is 49.2 Å². The maximum Gasteiger partial charge on any atom is 0.229 e. The predicted molar refractivity (Wildman–Crippen MR) is 138 cm³/mol. The average molecular weight is 476 g/mol. The molecule has 5 rings (SSSR count). The van der Waals surface area contributed by atoms with E-state index in [-0.39, 0.29) is 6.61 Å². The van der Waals surface area contributed by atoms with E-state index in [2.05, 4.69) is 27.3 Å². The first kappa shape index (κ1) is 23.4. The highest BCUT2D eigenvalue weighted by Crippen LogP contribution is 2.33. The first-order valence-corrected chi connectivity index (χ1v) is 12.2. The minimum Gasteiger partial charge on any atom is -0.493 e. The maximum absolute atomic E-state index is 9.55. The summed E-state index contributed by atoms with van der Waals surface area (Å²) >= 11 is 0. The number of ether oxygens (including phenoxy) is 2. The number of aliphatic hydroxyl groups is 1. The number of benzene rings is 2. The van der Waals surface area contributed by atoms with Crippen molar-refractivity contribution in [2.24, 2.45) is 5.92 Å². The number of aromatic nitrogens is 2. The molecule has 2 N–H and O–H groups in total. The molecule has 2 fully saturated rings. The van der Waals surface area contributed by atoms with Gasteiger partial charge in [0, 0.05) is 55.5 Å². The van der Waals surface area contributed by atoms with Gasteiger partial charge in [0.15, 0.2) is 0 Å². The van der Waals surface area contributed by atoms with Crippen LogP contribution >= 0.6 is 0 Å². The average Bonchev–Trinajstić information content (AvgIpc) is 3.73. The second kappa shape index (κ2) is 10.5. The number of rotatable bonds is 9. The van der Waals surface area contributed by atoms with Gasteiger partial charge in [-0.1, -0.05) is 12.1 Å². The van der Waals surface area contributed by atoms with Gasteiger partial charge in [-0.3, -0.25) is 0 Å². The number of nitrogens with one attached hydrogen (secondary N) is 1. The van der Waals surface area contributed by atoms with Crippen molar-refractivity contribution in [2.75, 3.05) is 55.1 Å². The molecule has 0 unspecified atom stereocenters. The molecule has 2 aromatic carbocycles. The lowest BCUT2D eigenvalue weighted by Gasteiger charge is -2.29. The molecule has 8 nitrogen and oxygen atoms in total. The fourth-order valence-electron chi connectivity index (χ4n) is 4.20. The molecule has 1 aliphatic heterocycles. The Balaban J connectivity index is 1.39. The van der Waals surface area contributed by atoms with Crippen molar-refractivity contribution in [3.8, 4) is 5.75 Å². The van der Waals surface area contributed by atoms with Crippen molar-refractivity contribution in [1.82, 2.24) is 9.97 Å². The second-order valence-corrected chi connectivity index (χ2v) is 9.27. The molecule has 184 valence electrons. The second-order valence-electron chi connectivity index (χ2n) is 9.27. The number of nitrogens with zero attached hydrogens (tertiary/aromatic N) is 4. The lowest BCUT2D eigenvalue weighted by Crippen LogP contribution is -2.36. The van der Waals surface area contributed by atoms with Crippen LogP contribution in [-0.2, 0) is 11.3 Å². The summed E-state index contributed by atoms with van der Waals surface area (Å²) in [6.07, 6.45) is 4.26. The van der Waals surface area contributed by atoms with Crippen LogP contribution in [0.1, 0.15) is 24.0 Å². The van der Waals surface area contributed by atoms with Crippen LogP contribution in [-0.4, -0.2) is 55.0 Å². The number of morpholine rings is 1. The molecule has 1 saturated carbocycles. The quantitative estimate of drug-likeness (QED) is 0.471. The van der Waals surface area contributed by atoms with E-state index >= 15 is 0 Å². The van der Waals surface area contributed by atoms with Crippen molar-refractivity contribution in [2.45, 2.75) is 26.4 Å². The summed E-state index contributed by atoms with van der Waals surface area (Å²) in [5.41, 5.74) is 4.95. The highest BCUT2D eigenvalue weighted by atomic mass is 16.5. The minimum atomic E-state index is 0.00232. The van der Waals surface area contributed by atoms with Crippen LogP contribution < -0.4 is 19.9 Å². The van der Waals surface area contributed by atoms with Crippen LogP contribution in [0, 0.1) is 12.8 Å². The lowest BCUT2D eigenvalue weighted by molar-refractivity contribution is 0.122. The van der Waals surface area contributed by atoms with Gasteiger partial charge >= 0.3 is 0 Å². The third-order valence-corrected chi connectivity index (χ3v) is 6.51. The molecule has 1 saturated heterocycles. The van der Waals surface area contributed by atoms with E-state index in [0.717, 1.165) is 72.7 Å². The summed E-state index contributed by atoms with van der Waals surface area (Å²) in [4.78, 5) is 13.6. The van der Waals surface area contributed by atoms with Gasteiger partial charge in [-0.25, -0.2) is 4.98 Å². The number of aliphatic hydroxyl groups excluding tert-OH is 1. The van der Waals surface area contributed by atoms with E-state index in [0.29, 0.717) is 11.9 Å². The maximum atomic E-state index is 9.55. The molecular weight excluding hydrogens is 442 g/mol. The molecule has 0 bridgehead atoms. The third-order valence-electron chi connectivity index (χ3n) is 6.51. The predicted octanol–water partition coefficient (Wildman–Crippen LogP) is 4.41. The summed E-state index contributed by atoms with van der Waals surface area (Å²) in [6, 6.07) is 14.1. The van der Waals surface area contributed by atoms with Crippen molar-refractivity contribution >= 4 is 28.8 Å². The van der Waals surface area contributed by atoms with Crippen LogP contribution in [0.15, 0.2) is 48.7 Å². The molecule has 1 aliphatic carbocycles. The molecule has 0 amide bonds. The Morgan fingerprint density at radius 3 is 2.74 bits per heavy atom. The first-order chi connectivity index (χ1) is 17.1. The molecule has 2 aliphatic rings.